The molecule has 20 heteroatoms. The van der Waals surface area contributed by atoms with Crippen LogP contribution in [0.15, 0.2) is 126 Å². The number of methoxy groups -OCH3 is 1. The van der Waals surface area contributed by atoms with Gasteiger partial charge in [-0.15, -0.1) is 0 Å². The number of sulfonamides is 2. The van der Waals surface area contributed by atoms with Gasteiger partial charge in [0, 0.05) is 69.1 Å². The third-order valence-electron chi connectivity index (χ3n) is 10.1. The molecule has 0 spiro atoms. The molecule has 0 heterocycles. The second-order valence-electron chi connectivity index (χ2n) is 14.8. The molecular weight excluding hydrogens is 877 g/mol. The van der Waals surface area contributed by atoms with E-state index in [0.29, 0.717) is 11.6 Å². The second-order valence-corrected chi connectivity index (χ2v) is 18.7. The van der Waals surface area contributed by atoms with Crippen molar-refractivity contribution in [3.05, 3.63) is 165 Å². The lowest BCUT2D eigenvalue weighted by molar-refractivity contribution is -0.387. The molecular formula is C44H47F2N5O11S2. The van der Waals surface area contributed by atoms with Crippen LogP contribution in [0.2, 0.25) is 0 Å². The van der Waals surface area contributed by atoms with E-state index in [1.807, 2.05) is 0 Å². The van der Waals surface area contributed by atoms with Crippen molar-refractivity contribution in [2.75, 3.05) is 37.9 Å². The molecule has 0 aliphatic rings. The van der Waals surface area contributed by atoms with Crippen molar-refractivity contribution in [3.8, 4) is 5.75 Å². The number of carbonyl (C=O) groups excluding carboxylic acids is 2. The summed E-state index contributed by atoms with van der Waals surface area (Å²) in [6.45, 7) is 0.378. The molecule has 0 saturated heterocycles. The summed E-state index contributed by atoms with van der Waals surface area (Å²) in [5.74, 6) is -3.85. The predicted molar refractivity (Wildman–Crippen MR) is 234 cm³/mol. The van der Waals surface area contributed by atoms with E-state index >= 15 is 0 Å². The molecule has 0 radical (unpaired) electrons. The van der Waals surface area contributed by atoms with Gasteiger partial charge in [-0.05, 0) is 42.3 Å². The van der Waals surface area contributed by atoms with Gasteiger partial charge in [0.25, 0.3) is 17.5 Å². The van der Waals surface area contributed by atoms with E-state index < -0.39 is 103 Å². The van der Waals surface area contributed by atoms with E-state index in [-0.39, 0.29) is 29.1 Å². The molecule has 0 unspecified atom stereocenters. The van der Waals surface area contributed by atoms with Crippen molar-refractivity contribution in [1.29, 1.82) is 0 Å². The molecule has 5 rings (SSSR count). The van der Waals surface area contributed by atoms with Crippen LogP contribution in [0.4, 0.5) is 20.2 Å². The number of hydrogen-bond acceptors (Lipinski definition) is 11. The zero-order valence-corrected chi connectivity index (χ0v) is 36.8. The highest BCUT2D eigenvalue weighted by Crippen LogP contribution is 2.29. The number of carbonyl (C=O) groups is 2. The predicted octanol–water partition coefficient (Wildman–Crippen LogP) is 5.59. The first-order valence-electron chi connectivity index (χ1n) is 19.6. The fourth-order valence-electron chi connectivity index (χ4n) is 6.56. The number of nitrogens with zero attached hydrogens (tertiary/aromatic N) is 3. The molecule has 0 aliphatic carbocycles. The summed E-state index contributed by atoms with van der Waals surface area (Å²) in [5.41, 5.74) is 0.238. The number of nitro groups is 1. The molecule has 0 fully saturated rings. The number of aliphatic hydroxyl groups is 1. The molecule has 0 aromatic heterocycles. The number of nitro benzene ring substituents is 1. The van der Waals surface area contributed by atoms with E-state index in [2.05, 4.69) is 10.6 Å². The minimum absolute atomic E-state index is 0.0611. The van der Waals surface area contributed by atoms with Crippen molar-refractivity contribution in [1.82, 2.24) is 14.9 Å². The number of amides is 2. The van der Waals surface area contributed by atoms with E-state index in [1.165, 1.54) is 44.5 Å². The van der Waals surface area contributed by atoms with Gasteiger partial charge in [-0.25, -0.2) is 25.6 Å². The molecule has 3 N–H and O–H groups in total. The van der Waals surface area contributed by atoms with Gasteiger partial charge in [-0.3, -0.25) is 24.0 Å². The van der Waals surface area contributed by atoms with Crippen LogP contribution in [-0.4, -0.2) is 94.8 Å². The van der Waals surface area contributed by atoms with Gasteiger partial charge >= 0.3 is 0 Å². The van der Waals surface area contributed by atoms with Gasteiger partial charge in [0.05, 0.1) is 41.2 Å². The average Bonchev–Trinajstić information content (AvgIpc) is 3.26. The van der Waals surface area contributed by atoms with Crippen LogP contribution in [0, 0.1) is 21.7 Å². The Hall–Kier alpha value is -6.32. The summed E-state index contributed by atoms with van der Waals surface area (Å²) < 4.78 is 95.1. The zero-order valence-electron chi connectivity index (χ0n) is 35.1. The van der Waals surface area contributed by atoms with Crippen molar-refractivity contribution < 1.29 is 54.7 Å². The number of benzene rings is 5. The standard InChI is InChI=1S/C44H47F2N5O11S2/c1-29(31-15-9-6-10-16-31)47-43(53)32-19-33(21-36(20-32)49(2)63(4,57)58)44(54)48-39(28-62-37-23-34(45)22-35(46)24-37)41(52)25-38(61-3)27-50(26-30-13-7-5-8-14-30)64(59,60)42-18-12-11-17-40(42)51(55)56/h5-24,29,38-39,41,52H,25-28H2,1-4H3,(H,47,53)(H,48,54)/t29-,38-,39+,41-/m1/s1. The quantitative estimate of drug-likeness (QED) is 0.0609. The topological polar surface area (TPSA) is 215 Å². The van der Waals surface area contributed by atoms with Gasteiger partial charge < -0.3 is 25.2 Å². The highest BCUT2D eigenvalue weighted by Gasteiger charge is 2.35. The Morgan fingerprint density at radius 3 is 1.97 bits per heavy atom. The summed E-state index contributed by atoms with van der Waals surface area (Å²) in [6.07, 6.45) is -2.30. The number of ether oxygens (including phenoxy) is 2. The van der Waals surface area contributed by atoms with E-state index in [9.17, 15) is 50.4 Å². The Kier molecular flexibility index (Phi) is 16.3. The molecule has 5 aromatic carbocycles. The monoisotopic (exact) mass is 923 g/mol. The SMILES string of the molecule is CO[C@H](C[C@@H](O)[C@H](COc1cc(F)cc(F)c1)NC(=O)c1cc(C(=O)N[C@H](C)c2ccccc2)cc(N(C)S(C)(=O)=O)c1)CN(Cc1ccccc1)S(=O)(=O)c1ccccc1[N+](=O)[O-]. The van der Waals surface area contributed by atoms with Crippen LogP contribution >= 0.6 is 0 Å². The summed E-state index contributed by atoms with van der Waals surface area (Å²) in [7, 11) is -6.07. The fourth-order valence-corrected chi connectivity index (χ4v) is 8.66. The highest BCUT2D eigenvalue weighted by atomic mass is 32.2. The maximum Gasteiger partial charge on any atom is 0.289 e. The van der Waals surface area contributed by atoms with Crippen molar-refractivity contribution in [2.45, 2.75) is 49.1 Å². The minimum Gasteiger partial charge on any atom is -0.491 e. The smallest absolute Gasteiger partial charge is 0.289 e. The number of aliphatic hydroxyl groups excluding tert-OH is 1. The third-order valence-corrected chi connectivity index (χ3v) is 13.2. The Labute approximate surface area is 369 Å². The summed E-state index contributed by atoms with van der Waals surface area (Å²) in [6, 6.07) is 26.3. The molecule has 0 aliphatic heterocycles. The zero-order chi connectivity index (χ0) is 46.8. The molecule has 0 bridgehead atoms. The Morgan fingerprint density at radius 2 is 1.39 bits per heavy atom. The normalized spacial score (nSPS) is 13.6. The molecule has 4 atom stereocenters. The van der Waals surface area contributed by atoms with Crippen LogP contribution in [0.1, 0.15) is 51.2 Å². The molecule has 2 amide bonds. The van der Waals surface area contributed by atoms with Gasteiger partial charge in [-0.2, -0.15) is 4.31 Å². The molecule has 16 nitrogen and oxygen atoms in total. The van der Waals surface area contributed by atoms with Crippen molar-refractivity contribution in [3.63, 3.8) is 0 Å². The van der Waals surface area contributed by atoms with Crippen LogP contribution in [0.3, 0.4) is 0 Å². The van der Waals surface area contributed by atoms with Gasteiger partial charge in [-0.1, -0.05) is 72.8 Å². The summed E-state index contributed by atoms with van der Waals surface area (Å²) in [5, 5.41) is 29.1. The largest absolute Gasteiger partial charge is 0.491 e. The number of hydrogen-bond donors (Lipinski definition) is 3. The van der Waals surface area contributed by atoms with Gasteiger partial charge in [0.2, 0.25) is 20.0 Å². The number of anilines is 1. The number of para-hydroxylation sites is 1. The van der Waals surface area contributed by atoms with Crippen LogP contribution in [0.5, 0.6) is 5.75 Å². The molecule has 64 heavy (non-hydrogen) atoms. The highest BCUT2D eigenvalue weighted by molar-refractivity contribution is 7.92. The molecule has 0 saturated carbocycles. The Bertz CT molecular complexity index is 2640. The number of halogens is 2. The van der Waals surface area contributed by atoms with E-state index in [4.69, 9.17) is 9.47 Å². The van der Waals surface area contributed by atoms with Crippen molar-refractivity contribution >= 4 is 43.2 Å². The Morgan fingerprint density at radius 1 is 0.828 bits per heavy atom. The Balaban J connectivity index is 1.48. The summed E-state index contributed by atoms with van der Waals surface area (Å²) >= 11 is 0. The first kappa shape index (κ1) is 48.7. The first-order valence-corrected chi connectivity index (χ1v) is 22.9. The van der Waals surface area contributed by atoms with Gasteiger partial charge in [0.15, 0.2) is 4.90 Å². The van der Waals surface area contributed by atoms with E-state index in [1.54, 1.807) is 67.6 Å². The third kappa shape index (κ3) is 12.9. The average molecular weight is 924 g/mol. The van der Waals surface area contributed by atoms with Crippen LogP contribution in [-0.2, 0) is 31.3 Å². The minimum atomic E-state index is -4.62. The second kappa shape index (κ2) is 21.4. The van der Waals surface area contributed by atoms with E-state index in [0.717, 1.165) is 44.7 Å². The lowest BCUT2D eigenvalue weighted by atomic mass is 10.0. The lowest BCUT2D eigenvalue weighted by Crippen LogP contribution is -2.49. The maximum atomic E-state index is 14.2. The first-order chi connectivity index (χ1) is 30.3. The fraction of sp³-hybridized carbons (Fsp3) is 0.273. The molecule has 5 aromatic rings. The van der Waals surface area contributed by atoms with Crippen LogP contribution in [0.25, 0.3) is 0 Å². The lowest BCUT2D eigenvalue weighted by Gasteiger charge is -2.30. The van der Waals surface area contributed by atoms with Crippen LogP contribution < -0.4 is 19.7 Å². The maximum absolute atomic E-state index is 14.2. The molecule has 340 valence electrons. The number of rotatable bonds is 21. The van der Waals surface area contributed by atoms with Gasteiger partial charge in [0.1, 0.15) is 24.0 Å². The summed E-state index contributed by atoms with van der Waals surface area (Å²) in [4.78, 5) is 38.3. The van der Waals surface area contributed by atoms with Crippen molar-refractivity contribution in [2.24, 2.45) is 0 Å². The number of nitrogens with one attached hydrogen (secondary N) is 2.